The third-order valence-corrected chi connectivity index (χ3v) is 3.21. The van der Waals surface area contributed by atoms with Crippen molar-refractivity contribution in [3.63, 3.8) is 0 Å². The topological polar surface area (TPSA) is 71.1 Å². The van der Waals surface area contributed by atoms with Gasteiger partial charge in [-0.05, 0) is 25.5 Å². The van der Waals surface area contributed by atoms with E-state index in [9.17, 15) is 5.26 Å². The number of benzene rings is 1. The highest BCUT2D eigenvalue weighted by Crippen LogP contribution is 2.29. The number of hydrogen-bond acceptors (Lipinski definition) is 5. The molecule has 0 fully saturated rings. The Morgan fingerprint density at radius 3 is 2.90 bits per heavy atom. The summed E-state index contributed by atoms with van der Waals surface area (Å²) < 4.78 is 10.5. The number of methoxy groups -OCH3 is 1. The van der Waals surface area contributed by atoms with Gasteiger partial charge in [-0.1, -0.05) is 18.1 Å². The van der Waals surface area contributed by atoms with Crippen molar-refractivity contribution in [1.82, 2.24) is 5.16 Å². The Morgan fingerprint density at radius 2 is 2.25 bits per heavy atom. The predicted molar refractivity (Wildman–Crippen MR) is 75.7 cm³/mol. The lowest BCUT2D eigenvalue weighted by molar-refractivity contribution is 0.390. The molecule has 1 aromatic heterocycles. The Hall–Kier alpha value is -2.48. The molecule has 0 bridgehead atoms. The van der Waals surface area contributed by atoms with Gasteiger partial charge in [0.15, 0.2) is 0 Å². The molecule has 104 valence electrons. The highest BCUT2D eigenvalue weighted by Gasteiger charge is 2.13. The number of aryl methyl sites for hydroxylation is 2. The van der Waals surface area contributed by atoms with Crippen LogP contribution in [0.5, 0.6) is 5.75 Å². The van der Waals surface area contributed by atoms with Crippen molar-refractivity contribution in [3.8, 4) is 11.8 Å². The van der Waals surface area contributed by atoms with Crippen molar-refractivity contribution < 1.29 is 9.26 Å². The summed E-state index contributed by atoms with van der Waals surface area (Å²) in [6, 6.07) is 7.54. The Labute approximate surface area is 118 Å². The number of aromatic nitrogens is 1. The molecule has 1 aromatic carbocycles. The number of ether oxygens (including phenoxy) is 1. The molecule has 0 saturated carbocycles. The minimum atomic E-state index is 0.549. The maximum atomic E-state index is 9.17. The first-order chi connectivity index (χ1) is 9.71. The van der Waals surface area contributed by atoms with Crippen LogP contribution in [0.25, 0.3) is 0 Å². The van der Waals surface area contributed by atoms with Gasteiger partial charge in [-0.2, -0.15) is 5.26 Å². The maximum absolute atomic E-state index is 9.17. The number of rotatable bonds is 5. The van der Waals surface area contributed by atoms with Crippen LogP contribution in [0.15, 0.2) is 22.7 Å². The normalized spacial score (nSPS) is 10.1. The molecule has 0 radical (unpaired) electrons. The molecule has 0 saturated heterocycles. The Kier molecular flexibility index (Phi) is 4.26. The number of nitrogens with one attached hydrogen (secondary N) is 1. The molecule has 1 heterocycles. The average Bonchev–Trinajstić information content (AvgIpc) is 2.84. The summed E-state index contributed by atoms with van der Waals surface area (Å²) in [5.74, 6) is 1.44. The fourth-order valence-electron chi connectivity index (χ4n) is 2.09. The fraction of sp³-hybridized carbons (Fsp3) is 0.333. The van der Waals surface area contributed by atoms with Crippen LogP contribution in [-0.4, -0.2) is 12.3 Å². The number of hydrogen-bond donors (Lipinski definition) is 1. The van der Waals surface area contributed by atoms with Gasteiger partial charge in [0.05, 0.1) is 24.1 Å². The number of anilines is 1. The first-order valence-electron chi connectivity index (χ1n) is 6.46. The predicted octanol–water partition coefficient (Wildman–Crippen LogP) is 3.04. The van der Waals surface area contributed by atoms with E-state index in [1.54, 1.807) is 19.2 Å². The van der Waals surface area contributed by atoms with Gasteiger partial charge in [-0.25, -0.2) is 0 Å². The van der Waals surface area contributed by atoms with Crippen LogP contribution in [0.4, 0.5) is 5.69 Å². The Morgan fingerprint density at radius 1 is 1.45 bits per heavy atom. The van der Waals surface area contributed by atoms with Gasteiger partial charge >= 0.3 is 0 Å². The molecule has 2 aromatic rings. The van der Waals surface area contributed by atoms with Gasteiger partial charge in [0, 0.05) is 12.1 Å². The van der Waals surface area contributed by atoms with Crippen molar-refractivity contribution >= 4 is 5.69 Å². The van der Waals surface area contributed by atoms with Crippen molar-refractivity contribution in [3.05, 3.63) is 40.8 Å². The molecule has 0 unspecified atom stereocenters. The van der Waals surface area contributed by atoms with E-state index >= 15 is 0 Å². The van der Waals surface area contributed by atoms with Gasteiger partial charge < -0.3 is 14.6 Å². The quantitative estimate of drug-likeness (QED) is 0.905. The van der Waals surface area contributed by atoms with Crippen LogP contribution in [0, 0.1) is 18.3 Å². The number of nitrogens with zero attached hydrogens (tertiary/aromatic N) is 2. The molecular formula is C15H17N3O2. The van der Waals surface area contributed by atoms with E-state index < -0.39 is 0 Å². The summed E-state index contributed by atoms with van der Waals surface area (Å²) >= 11 is 0. The molecule has 0 aliphatic rings. The second-order valence-corrected chi connectivity index (χ2v) is 4.37. The molecule has 1 N–H and O–H groups in total. The first kappa shape index (κ1) is 13.9. The van der Waals surface area contributed by atoms with Gasteiger partial charge in [0.2, 0.25) is 0 Å². The largest absolute Gasteiger partial charge is 0.495 e. The molecule has 0 aliphatic carbocycles. The van der Waals surface area contributed by atoms with Crippen LogP contribution in [0.3, 0.4) is 0 Å². The molecule has 0 spiro atoms. The van der Waals surface area contributed by atoms with E-state index in [1.807, 2.05) is 19.9 Å². The van der Waals surface area contributed by atoms with Crippen LogP contribution in [-0.2, 0) is 13.0 Å². The summed E-state index contributed by atoms with van der Waals surface area (Å²) in [4.78, 5) is 0. The van der Waals surface area contributed by atoms with E-state index in [-0.39, 0.29) is 0 Å². The van der Waals surface area contributed by atoms with Gasteiger partial charge in [-0.15, -0.1) is 0 Å². The van der Waals surface area contributed by atoms with Crippen LogP contribution in [0.2, 0.25) is 0 Å². The standard InChI is InChI=1S/C15H17N3O2/c1-4-13-12(10(2)20-18-13)9-17-15-11(8-16)6-5-7-14(15)19-3/h5-7,17H,4,9H2,1-3H3. The first-order valence-corrected chi connectivity index (χ1v) is 6.46. The van der Waals surface area contributed by atoms with E-state index in [2.05, 4.69) is 16.5 Å². The lowest BCUT2D eigenvalue weighted by Crippen LogP contribution is -2.05. The van der Waals surface area contributed by atoms with Crippen molar-refractivity contribution in [2.24, 2.45) is 0 Å². The second kappa shape index (κ2) is 6.11. The van der Waals surface area contributed by atoms with Gasteiger partial charge in [0.1, 0.15) is 17.6 Å². The van der Waals surface area contributed by atoms with E-state index in [4.69, 9.17) is 9.26 Å². The third kappa shape index (κ3) is 2.59. The molecule has 0 amide bonds. The van der Waals surface area contributed by atoms with Crippen molar-refractivity contribution in [2.75, 3.05) is 12.4 Å². The molecule has 5 heteroatoms. The van der Waals surface area contributed by atoms with Gasteiger partial charge in [-0.3, -0.25) is 0 Å². The smallest absolute Gasteiger partial charge is 0.143 e. The minimum absolute atomic E-state index is 0.549. The zero-order valence-electron chi connectivity index (χ0n) is 11.9. The van der Waals surface area contributed by atoms with E-state index in [0.717, 1.165) is 23.4 Å². The second-order valence-electron chi connectivity index (χ2n) is 4.37. The van der Waals surface area contributed by atoms with Crippen LogP contribution in [0.1, 0.15) is 29.5 Å². The number of para-hydroxylation sites is 1. The highest BCUT2D eigenvalue weighted by molar-refractivity contribution is 5.66. The third-order valence-electron chi connectivity index (χ3n) is 3.21. The highest BCUT2D eigenvalue weighted by atomic mass is 16.5. The number of nitriles is 1. The monoisotopic (exact) mass is 271 g/mol. The zero-order chi connectivity index (χ0) is 14.5. The summed E-state index contributed by atoms with van der Waals surface area (Å²) in [6.07, 6.45) is 0.811. The van der Waals surface area contributed by atoms with Crippen LogP contribution >= 0.6 is 0 Å². The zero-order valence-corrected chi connectivity index (χ0v) is 11.9. The molecule has 0 aliphatic heterocycles. The van der Waals surface area contributed by atoms with Gasteiger partial charge in [0.25, 0.3) is 0 Å². The van der Waals surface area contributed by atoms with Crippen LogP contribution < -0.4 is 10.1 Å². The van der Waals surface area contributed by atoms with Crippen molar-refractivity contribution in [2.45, 2.75) is 26.8 Å². The molecular weight excluding hydrogens is 254 g/mol. The molecule has 20 heavy (non-hydrogen) atoms. The summed E-state index contributed by atoms with van der Waals surface area (Å²) in [6.45, 7) is 4.47. The Balaban J connectivity index is 2.27. The van der Waals surface area contributed by atoms with Crippen molar-refractivity contribution in [1.29, 1.82) is 5.26 Å². The molecule has 2 rings (SSSR count). The summed E-state index contributed by atoms with van der Waals surface area (Å²) in [5, 5.41) is 16.4. The average molecular weight is 271 g/mol. The fourth-order valence-corrected chi connectivity index (χ4v) is 2.09. The molecule has 5 nitrogen and oxygen atoms in total. The molecule has 0 atom stereocenters. The van der Waals surface area contributed by atoms with E-state index in [0.29, 0.717) is 23.5 Å². The summed E-state index contributed by atoms with van der Waals surface area (Å²) in [5.41, 5.74) is 3.21. The lowest BCUT2D eigenvalue weighted by Gasteiger charge is -2.12. The maximum Gasteiger partial charge on any atom is 0.143 e. The minimum Gasteiger partial charge on any atom is -0.495 e. The summed E-state index contributed by atoms with van der Waals surface area (Å²) in [7, 11) is 1.59. The van der Waals surface area contributed by atoms with E-state index in [1.165, 1.54) is 0 Å². The SMILES string of the molecule is CCc1noc(C)c1CNc1c(C#N)cccc1OC. The lowest BCUT2D eigenvalue weighted by atomic mass is 10.1. The Bertz CT molecular complexity index is 641.